The molecule has 27 heavy (non-hydrogen) atoms. The third-order valence-electron chi connectivity index (χ3n) is 4.71. The van der Waals surface area contributed by atoms with Crippen LogP contribution in [0.25, 0.3) is 27.8 Å². The number of rotatable bonds is 2. The maximum atomic E-state index is 13.0. The van der Waals surface area contributed by atoms with Gasteiger partial charge < -0.3 is 9.67 Å². The first-order valence-corrected chi connectivity index (χ1v) is 9.05. The maximum Gasteiger partial charge on any atom is 0.330 e. The van der Waals surface area contributed by atoms with Crippen LogP contribution in [0.4, 0.5) is 0 Å². The van der Waals surface area contributed by atoms with Gasteiger partial charge >= 0.3 is 5.69 Å². The fraction of sp³-hybridized carbons (Fsp3) is 0.100. The van der Waals surface area contributed by atoms with Gasteiger partial charge in [0.1, 0.15) is 5.75 Å². The molecule has 0 saturated heterocycles. The van der Waals surface area contributed by atoms with E-state index in [1.807, 2.05) is 24.3 Å². The summed E-state index contributed by atoms with van der Waals surface area (Å²) in [7, 11) is 3.09. The van der Waals surface area contributed by atoms with Gasteiger partial charge in [-0.05, 0) is 18.2 Å². The zero-order valence-corrected chi connectivity index (χ0v) is 16.3. The molecule has 0 amide bonds. The van der Waals surface area contributed by atoms with Crippen molar-refractivity contribution < 1.29 is 5.11 Å². The quantitative estimate of drug-likeness (QED) is 0.536. The molecule has 0 unspecified atom stereocenters. The Morgan fingerprint density at radius 1 is 0.926 bits per heavy atom. The van der Waals surface area contributed by atoms with Gasteiger partial charge in [0.05, 0.1) is 22.3 Å². The average Bonchev–Trinajstić information content (AvgIpc) is 3.05. The summed E-state index contributed by atoms with van der Waals surface area (Å²) >= 11 is 3.55. The van der Waals surface area contributed by atoms with E-state index in [1.54, 1.807) is 42.1 Å². The van der Waals surface area contributed by atoms with Crippen LogP contribution in [0.1, 0.15) is 0 Å². The fourth-order valence-electron chi connectivity index (χ4n) is 3.32. The molecule has 0 aliphatic heterocycles. The molecule has 2 aromatic heterocycles. The summed E-state index contributed by atoms with van der Waals surface area (Å²) in [5.74, 6) is 0.0768. The van der Waals surface area contributed by atoms with Crippen molar-refractivity contribution in [1.29, 1.82) is 0 Å². The Morgan fingerprint density at radius 2 is 1.59 bits per heavy atom. The summed E-state index contributed by atoms with van der Waals surface area (Å²) in [5, 5.41) is 10.8. The summed E-state index contributed by atoms with van der Waals surface area (Å²) < 4.78 is 5.09. The van der Waals surface area contributed by atoms with E-state index in [0.29, 0.717) is 22.3 Å². The van der Waals surface area contributed by atoms with Crippen molar-refractivity contribution in [2.24, 2.45) is 14.1 Å². The maximum absolute atomic E-state index is 13.0. The van der Waals surface area contributed by atoms with Crippen LogP contribution >= 0.6 is 15.9 Å². The van der Waals surface area contributed by atoms with Gasteiger partial charge in [0, 0.05) is 30.3 Å². The molecule has 0 fully saturated rings. The number of hydrogen-bond acceptors (Lipinski definition) is 3. The summed E-state index contributed by atoms with van der Waals surface area (Å²) in [6.45, 7) is 0. The van der Waals surface area contributed by atoms with Gasteiger partial charge in [-0.3, -0.25) is 13.9 Å². The van der Waals surface area contributed by atoms with Crippen LogP contribution in [-0.2, 0) is 14.1 Å². The molecule has 2 heterocycles. The minimum atomic E-state index is -0.402. The number of aromatic hydroxyl groups is 1. The van der Waals surface area contributed by atoms with Crippen molar-refractivity contribution in [2.75, 3.05) is 0 Å². The van der Waals surface area contributed by atoms with Crippen LogP contribution in [0.5, 0.6) is 5.75 Å². The third-order valence-corrected chi connectivity index (χ3v) is 5.40. The van der Waals surface area contributed by atoms with Crippen LogP contribution in [-0.4, -0.2) is 18.8 Å². The second-order valence-corrected chi connectivity index (χ2v) is 7.14. The molecule has 1 N–H and O–H groups in total. The van der Waals surface area contributed by atoms with E-state index >= 15 is 0 Å². The second-order valence-electron chi connectivity index (χ2n) is 6.28. The zero-order valence-electron chi connectivity index (χ0n) is 14.7. The lowest BCUT2D eigenvalue weighted by Gasteiger charge is -2.12. The number of para-hydroxylation sites is 2. The van der Waals surface area contributed by atoms with E-state index in [4.69, 9.17) is 0 Å². The molecular weight excluding hydrogens is 410 g/mol. The molecule has 0 bridgehead atoms. The lowest BCUT2D eigenvalue weighted by molar-refractivity contribution is 0.472. The molecule has 0 radical (unpaired) electrons. The number of fused-ring (bicyclic) bond motifs is 1. The first-order valence-electron chi connectivity index (χ1n) is 8.26. The normalized spacial score (nSPS) is 11.2. The van der Waals surface area contributed by atoms with Gasteiger partial charge in [-0.15, -0.1) is 0 Å². The highest BCUT2D eigenvalue weighted by molar-refractivity contribution is 9.10. The summed E-state index contributed by atoms with van der Waals surface area (Å²) in [6.07, 6.45) is 1.71. The van der Waals surface area contributed by atoms with Gasteiger partial charge in [0.25, 0.3) is 5.56 Å². The van der Waals surface area contributed by atoms with Crippen LogP contribution < -0.4 is 11.2 Å². The van der Waals surface area contributed by atoms with Crippen molar-refractivity contribution in [3.8, 4) is 22.7 Å². The Morgan fingerprint density at radius 3 is 2.30 bits per heavy atom. The number of halogens is 1. The Balaban J connectivity index is 2.28. The molecule has 0 atom stereocenters. The van der Waals surface area contributed by atoms with Crippen molar-refractivity contribution in [1.82, 2.24) is 13.7 Å². The van der Waals surface area contributed by atoms with Crippen molar-refractivity contribution in [3.63, 3.8) is 0 Å². The van der Waals surface area contributed by atoms with Crippen molar-refractivity contribution in [3.05, 3.63) is 80.0 Å². The standard InChI is InChI=1S/C20H16BrN3O3/c1-22-15-11-24(14-9-5-6-10-16(14)25)18(12-7-3-4-8-13(12)21)17(15)19(26)23(2)20(22)27/h3-11,25H,1-2H3. The van der Waals surface area contributed by atoms with Gasteiger partial charge in [-0.1, -0.05) is 46.3 Å². The predicted molar refractivity (Wildman–Crippen MR) is 109 cm³/mol. The Labute approximate surface area is 162 Å². The average molecular weight is 426 g/mol. The highest BCUT2D eigenvalue weighted by atomic mass is 79.9. The number of aromatic nitrogens is 3. The summed E-state index contributed by atoms with van der Waals surface area (Å²) in [5.41, 5.74) is 1.63. The highest BCUT2D eigenvalue weighted by Crippen LogP contribution is 2.36. The molecule has 6 nitrogen and oxygen atoms in total. The summed E-state index contributed by atoms with van der Waals surface area (Å²) in [6, 6.07) is 14.4. The van der Waals surface area contributed by atoms with Gasteiger partial charge in [-0.2, -0.15) is 0 Å². The molecule has 0 aliphatic rings. The fourth-order valence-corrected chi connectivity index (χ4v) is 3.79. The van der Waals surface area contributed by atoms with E-state index in [9.17, 15) is 14.7 Å². The number of phenolic OH excluding ortho intramolecular Hbond substituents is 1. The number of phenols is 1. The van der Waals surface area contributed by atoms with E-state index in [0.717, 1.165) is 14.6 Å². The largest absolute Gasteiger partial charge is 0.506 e. The molecule has 4 rings (SSSR count). The van der Waals surface area contributed by atoms with Gasteiger partial charge in [-0.25, -0.2) is 4.79 Å². The Hall–Kier alpha value is -3.06. The molecule has 136 valence electrons. The van der Waals surface area contributed by atoms with Gasteiger partial charge in [0.2, 0.25) is 0 Å². The van der Waals surface area contributed by atoms with Crippen LogP contribution in [0.15, 0.2) is 68.8 Å². The summed E-state index contributed by atoms with van der Waals surface area (Å²) in [4.78, 5) is 25.4. The predicted octanol–water partition coefficient (Wildman–Crippen LogP) is 3.16. The van der Waals surface area contributed by atoms with E-state index in [1.165, 1.54) is 11.6 Å². The zero-order chi connectivity index (χ0) is 19.3. The molecule has 2 aromatic carbocycles. The molecule has 0 aliphatic carbocycles. The van der Waals surface area contributed by atoms with Gasteiger partial charge in [0.15, 0.2) is 0 Å². The molecule has 7 heteroatoms. The first kappa shape index (κ1) is 17.4. The van der Waals surface area contributed by atoms with Crippen molar-refractivity contribution >= 4 is 26.8 Å². The van der Waals surface area contributed by atoms with Crippen LogP contribution in [0.2, 0.25) is 0 Å². The lowest BCUT2D eigenvalue weighted by Crippen LogP contribution is -2.36. The number of hydrogen-bond donors (Lipinski definition) is 1. The van der Waals surface area contributed by atoms with Crippen molar-refractivity contribution in [2.45, 2.75) is 0 Å². The van der Waals surface area contributed by atoms with Crippen LogP contribution in [0, 0.1) is 0 Å². The number of aryl methyl sites for hydroxylation is 1. The van der Waals surface area contributed by atoms with Crippen LogP contribution in [0.3, 0.4) is 0 Å². The molecule has 4 aromatic rings. The monoisotopic (exact) mass is 425 g/mol. The Kier molecular flexibility index (Phi) is 4.04. The minimum absolute atomic E-state index is 0.0768. The topological polar surface area (TPSA) is 69.2 Å². The Bertz CT molecular complexity index is 1310. The second kappa shape index (κ2) is 6.28. The number of nitrogens with zero attached hydrogens (tertiary/aromatic N) is 3. The van der Waals surface area contributed by atoms with E-state index < -0.39 is 5.69 Å². The molecular formula is C20H16BrN3O3. The number of benzene rings is 2. The first-order chi connectivity index (χ1) is 12.9. The smallest absolute Gasteiger partial charge is 0.330 e. The highest BCUT2D eigenvalue weighted by Gasteiger charge is 2.22. The third kappa shape index (κ3) is 2.54. The lowest BCUT2D eigenvalue weighted by atomic mass is 10.1. The molecule has 0 saturated carbocycles. The SMILES string of the molecule is Cn1c(=O)c2c(-c3ccccc3Br)n(-c3ccccc3O)cc2n(C)c1=O. The minimum Gasteiger partial charge on any atom is -0.506 e. The van der Waals surface area contributed by atoms with E-state index in [2.05, 4.69) is 15.9 Å². The molecule has 0 spiro atoms. The van der Waals surface area contributed by atoms with E-state index in [-0.39, 0.29) is 11.3 Å².